The summed E-state index contributed by atoms with van der Waals surface area (Å²) in [7, 11) is 2.09. The van der Waals surface area contributed by atoms with Crippen molar-refractivity contribution in [2.24, 2.45) is 0 Å². The molecule has 1 fully saturated rings. The van der Waals surface area contributed by atoms with Gasteiger partial charge >= 0.3 is 6.03 Å². The molecular weight excluding hydrogens is 286 g/mol. The highest BCUT2D eigenvalue weighted by Crippen LogP contribution is 2.20. The highest BCUT2D eigenvalue weighted by atomic mass is 16.2. The van der Waals surface area contributed by atoms with E-state index < -0.39 is 0 Å². The summed E-state index contributed by atoms with van der Waals surface area (Å²) in [6.45, 7) is 2.24. The molecule has 2 aromatic rings. The van der Waals surface area contributed by atoms with E-state index in [1.807, 2.05) is 41.3 Å². The fourth-order valence-corrected chi connectivity index (χ4v) is 2.81. The number of nitrogens with one attached hydrogen (secondary N) is 1. The summed E-state index contributed by atoms with van der Waals surface area (Å²) in [5.41, 5.74) is 2.44. The first-order valence-corrected chi connectivity index (χ1v) is 8.08. The predicted octanol–water partition coefficient (Wildman–Crippen LogP) is 2.76. The average molecular weight is 309 g/mol. The van der Waals surface area contributed by atoms with Crippen LogP contribution in [0.25, 0.3) is 0 Å². The molecule has 3 rings (SSSR count). The number of likely N-dealkylation sites (tertiary alicyclic amines) is 1. The first-order chi connectivity index (χ1) is 11.2. The Morgan fingerprint density at radius 3 is 2.35 bits per heavy atom. The number of anilines is 1. The van der Waals surface area contributed by atoms with Crippen LogP contribution in [0.2, 0.25) is 0 Å². The quantitative estimate of drug-likeness (QED) is 0.922. The van der Waals surface area contributed by atoms with E-state index >= 15 is 0 Å². The van der Waals surface area contributed by atoms with Crippen LogP contribution in [0.15, 0.2) is 60.7 Å². The number of likely N-dealkylation sites (N-methyl/N-ethyl adjacent to an activating group) is 1. The number of rotatable bonds is 5. The molecule has 0 saturated carbocycles. The minimum absolute atomic E-state index is 0.0404. The molecule has 1 aliphatic heterocycles. The van der Waals surface area contributed by atoms with Crippen molar-refractivity contribution < 1.29 is 4.79 Å². The maximum atomic E-state index is 12.1. The van der Waals surface area contributed by atoms with Gasteiger partial charge in [0.2, 0.25) is 0 Å². The summed E-state index contributed by atoms with van der Waals surface area (Å²) in [6.07, 6.45) is 0.869. The summed E-state index contributed by atoms with van der Waals surface area (Å²) >= 11 is 0. The van der Waals surface area contributed by atoms with Gasteiger partial charge in [-0.1, -0.05) is 48.5 Å². The highest BCUT2D eigenvalue weighted by Gasteiger charge is 2.33. The molecular formula is C19H23N3O. The molecule has 0 spiro atoms. The van der Waals surface area contributed by atoms with Crippen LogP contribution in [0.4, 0.5) is 10.5 Å². The molecule has 0 bridgehead atoms. The van der Waals surface area contributed by atoms with E-state index in [1.165, 1.54) is 11.3 Å². The number of amides is 2. The number of para-hydroxylation sites is 1. The molecule has 4 heteroatoms. The Balaban J connectivity index is 1.40. The molecule has 0 aliphatic carbocycles. The maximum Gasteiger partial charge on any atom is 0.317 e. The van der Waals surface area contributed by atoms with E-state index in [-0.39, 0.29) is 6.03 Å². The lowest BCUT2D eigenvalue weighted by Gasteiger charge is -2.44. The van der Waals surface area contributed by atoms with Crippen LogP contribution in [0.3, 0.4) is 0 Å². The van der Waals surface area contributed by atoms with Crippen molar-refractivity contribution in [3.8, 4) is 0 Å². The number of benzene rings is 2. The third-order valence-corrected chi connectivity index (χ3v) is 4.39. The second-order valence-corrected chi connectivity index (χ2v) is 5.97. The lowest BCUT2D eigenvalue weighted by atomic mass is 10.1. The Bertz CT molecular complexity index is 624. The third-order valence-electron chi connectivity index (χ3n) is 4.39. The SMILES string of the molecule is CN(c1ccccc1)C1CN(C(=O)NCCc2ccccc2)C1. The summed E-state index contributed by atoms with van der Waals surface area (Å²) in [6, 6.07) is 21.0. The standard InChI is InChI=1S/C19H23N3O/c1-21(17-10-6-3-7-11-17)18-14-22(15-18)19(23)20-13-12-16-8-4-2-5-9-16/h2-11,18H,12-15H2,1H3,(H,20,23). The topological polar surface area (TPSA) is 35.6 Å². The molecule has 1 N–H and O–H groups in total. The van der Waals surface area contributed by atoms with Crippen molar-refractivity contribution in [1.29, 1.82) is 0 Å². The molecule has 0 unspecified atom stereocenters. The van der Waals surface area contributed by atoms with Gasteiger partial charge in [-0.25, -0.2) is 4.79 Å². The third kappa shape index (κ3) is 3.83. The Kier molecular flexibility index (Phi) is 4.81. The first-order valence-electron chi connectivity index (χ1n) is 8.08. The summed E-state index contributed by atoms with van der Waals surface area (Å²) < 4.78 is 0. The first kappa shape index (κ1) is 15.4. The molecule has 120 valence electrons. The van der Waals surface area contributed by atoms with E-state index in [0.717, 1.165) is 19.5 Å². The highest BCUT2D eigenvalue weighted by molar-refractivity contribution is 5.75. The summed E-state index contributed by atoms with van der Waals surface area (Å²) in [5.74, 6) is 0. The normalized spacial score (nSPS) is 14.2. The van der Waals surface area contributed by atoms with Gasteiger partial charge in [-0.2, -0.15) is 0 Å². The Hall–Kier alpha value is -2.49. The molecule has 23 heavy (non-hydrogen) atoms. The van der Waals surface area contributed by atoms with E-state index in [2.05, 4.69) is 41.5 Å². The van der Waals surface area contributed by atoms with Gasteiger partial charge in [-0.05, 0) is 24.1 Å². The van der Waals surface area contributed by atoms with Gasteiger partial charge in [-0.3, -0.25) is 0 Å². The van der Waals surface area contributed by atoms with Crippen molar-refractivity contribution in [2.75, 3.05) is 31.6 Å². The minimum Gasteiger partial charge on any atom is -0.368 e. The minimum atomic E-state index is 0.0404. The van der Waals surface area contributed by atoms with Gasteiger partial charge in [-0.15, -0.1) is 0 Å². The molecule has 1 heterocycles. The number of carbonyl (C=O) groups excluding carboxylic acids is 1. The van der Waals surface area contributed by atoms with Crippen LogP contribution in [-0.2, 0) is 6.42 Å². The predicted molar refractivity (Wildman–Crippen MR) is 93.8 cm³/mol. The molecule has 2 amide bonds. The van der Waals surface area contributed by atoms with Gasteiger partial charge in [0, 0.05) is 32.4 Å². The zero-order chi connectivity index (χ0) is 16.1. The Morgan fingerprint density at radius 1 is 1.09 bits per heavy atom. The van der Waals surface area contributed by atoms with Crippen molar-refractivity contribution in [2.45, 2.75) is 12.5 Å². The number of urea groups is 1. The van der Waals surface area contributed by atoms with Gasteiger partial charge in [0.1, 0.15) is 0 Å². The lowest BCUT2D eigenvalue weighted by Crippen LogP contribution is -2.62. The van der Waals surface area contributed by atoms with Crippen molar-refractivity contribution >= 4 is 11.7 Å². The van der Waals surface area contributed by atoms with Gasteiger partial charge in [0.05, 0.1) is 6.04 Å². The molecule has 4 nitrogen and oxygen atoms in total. The zero-order valence-corrected chi connectivity index (χ0v) is 13.5. The zero-order valence-electron chi connectivity index (χ0n) is 13.5. The molecule has 0 radical (unpaired) electrons. The largest absolute Gasteiger partial charge is 0.368 e. The number of nitrogens with zero attached hydrogens (tertiary/aromatic N) is 2. The monoisotopic (exact) mass is 309 g/mol. The number of hydrogen-bond acceptors (Lipinski definition) is 2. The summed E-state index contributed by atoms with van der Waals surface area (Å²) in [4.78, 5) is 16.2. The van der Waals surface area contributed by atoms with Gasteiger partial charge in [0.15, 0.2) is 0 Å². The van der Waals surface area contributed by atoms with E-state index in [9.17, 15) is 4.79 Å². The van der Waals surface area contributed by atoms with Crippen LogP contribution >= 0.6 is 0 Å². The van der Waals surface area contributed by atoms with Crippen LogP contribution in [0, 0.1) is 0 Å². The smallest absolute Gasteiger partial charge is 0.317 e. The average Bonchev–Trinajstić information content (AvgIpc) is 2.55. The molecule has 0 aromatic heterocycles. The molecule has 1 saturated heterocycles. The van der Waals surface area contributed by atoms with Gasteiger partial charge in [0.25, 0.3) is 0 Å². The molecule has 0 atom stereocenters. The van der Waals surface area contributed by atoms with Crippen LogP contribution in [-0.4, -0.2) is 43.7 Å². The van der Waals surface area contributed by atoms with Crippen molar-refractivity contribution in [3.05, 3.63) is 66.2 Å². The fourth-order valence-electron chi connectivity index (χ4n) is 2.81. The van der Waals surface area contributed by atoms with Crippen LogP contribution in [0.5, 0.6) is 0 Å². The molecule has 1 aliphatic rings. The number of carbonyl (C=O) groups is 1. The Labute approximate surface area is 137 Å². The summed E-state index contributed by atoms with van der Waals surface area (Å²) in [5, 5.41) is 3.00. The fraction of sp³-hybridized carbons (Fsp3) is 0.316. The van der Waals surface area contributed by atoms with E-state index in [1.54, 1.807) is 0 Å². The van der Waals surface area contributed by atoms with Crippen molar-refractivity contribution in [3.63, 3.8) is 0 Å². The van der Waals surface area contributed by atoms with E-state index in [4.69, 9.17) is 0 Å². The second-order valence-electron chi connectivity index (χ2n) is 5.97. The van der Waals surface area contributed by atoms with Gasteiger partial charge < -0.3 is 15.1 Å². The number of hydrogen-bond donors (Lipinski definition) is 1. The Morgan fingerprint density at radius 2 is 1.70 bits per heavy atom. The van der Waals surface area contributed by atoms with Crippen molar-refractivity contribution in [1.82, 2.24) is 10.2 Å². The lowest BCUT2D eigenvalue weighted by molar-refractivity contribution is 0.151. The molecule has 2 aromatic carbocycles. The maximum absolute atomic E-state index is 12.1. The van der Waals surface area contributed by atoms with Crippen LogP contribution in [0.1, 0.15) is 5.56 Å². The van der Waals surface area contributed by atoms with E-state index in [0.29, 0.717) is 12.6 Å². The second kappa shape index (κ2) is 7.18. The van der Waals surface area contributed by atoms with Crippen LogP contribution < -0.4 is 10.2 Å².